The van der Waals surface area contributed by atoms with E-state index in [1.165, 1.54) is 0 Å². The van der Waals surface area contributed by atoms with E-state index < -0.39 is 0 Å². The van der Waals surface area contributed by atoms with Crippen LogP contribution in [0.4, 0.5) is 5.82 Å². The number of hydrogen-bond donors (Lipinski definition) is 1. The van der Waals surface area contributed by atoms with Crippen molar-refractivity contribution in [1.29, 1.82) is 0 Å². The third kappa shape index (κ3) is 3.17. The highest BCUT2D eigenvalue weighted by Gasteiger charge is 2.23. The summed E-state index contributed by atoms with van der Waals surface area (Å²) in [6.45, 7) is 1.70. The summed E-state index contributed by atoms with van der Waals surface area (Å²) in [6, 6.07) is 8.06. The maximum atomic E-state index is 12.3. The fourth-order valence-corrected chi connectivity index (χ4v) is 3.19. The third-order valence-electron chi connectivity index (χ3n) is 4.64. The number of para-hydroxylation sites is 2. The molecule has 0 spiro atoms. The second kappa shape index (κ2) is 6.51. The van der Waals surface area contributed by atoms with Crippen molar-refractivity contribution in [3.63, 3.8) is 0 Å². The quantitative estimate of drug-likeness (QED) is 0.789. The van der Waals surface area contributed by atoms with Crippen LogP contribution in [-0.2, 0) is 7.05 Å². The molecule has 25 heavy (non-hydrogen) atoms. The molecule has 0 saturated carbocycles. The first-order valence-corrected chi connectivity index (χ1v) is 8.44. The second-order valence-electron chi connectivity index (χ2n) is 6.34. The van der Waals surface area contributed by atoms with Gasteiger partial charge in [0.1, 0.15) is 11.5 Å². The van der Waals surface area contributed by atoms with Gasteiger partial charge in [0.15, 0.2) is 0 Å². The van der Waals surface area contributed by atoms with Crippen LogP contribution in [0.15, 0.2) is 43.0 Å². The molecule has 2 aromatic heterocycles. The van der Waals surface area contributed by atoms with Crippen LogP contribution in [0.1, 0.15) is 23.3 Å². The van der Waals surface area contributed by atoms with Gasteiger partial charge in [-0.3, -0.25) is 9.78 Å². The van der Waals surface area contributed by atoms with Crippen molar-refractivity contribution in [2.75, 3.05) is 18.0 Å². The fourth-order valence-electron chi connectivity index (χ4n) is 3.19. The first kappa shape index (κ1) is 15.6. The van der Waals surface area contributed by atoms with E-state index in [0.717, 1.165) is 42.8 Å². The molecule has 0 radical (unpaired) electrons. The zero-order chi connectivity index (χ0) is 17.2. The molecule has 128 valence electrons. The predicted octanol–water partition coefficient (Wildman–Crippen LogP) is 1.76. The van der Waals surface area contributed by atoms with Gasteiger partial charge in [0.05, 0.1) is 29.8 Å². The van der Waals surface area contributed by atoms with E-state index in [2.05, 4.69) is 20.2 Å². The Morgan fingerprint density at radius 3 is 2.64 bits per heavy atom. The molecule has 3 aromatic rings. The molecule has 0 aliphatic carbocycles. The number of imidazole rings is 1. The Kier molecular flexibility index (Phi) is 4.05. The highest BCUT2D eigenvalue weighted by molar-refractivity contribution is 5.92. The summed E-state index contributed by atoms with van der Waals surface area (Å²) < 4.78 is 1.73. The molecular weight excluding hydrogens is 316 g/mol. The number of nitrogens with one attached hydrogen (secondary N) is 1. The molecule has 1 N–H and O–H groups in total. The topological polar surface area (TPSA) is 75.9 Å². The van der Waals surface area contributed by atoms with Crippen LogP contribution in [0.2, 0.25) is 0 Å². The summed E-state index contributed by atoms with van der Waals surface area (Å²) >= 11 is 0. The predicted molar refractivity (Wildman–Crippen MR) is 95.4 cm³/mol. The Morgan fingerprint density at radius 1 is 1.16 bits per heavy atom. The number of hydrogen-bond acceptors (Lipinski definition) is 5. The normalized spacial score (nSPS) is 15.5. The molecule has 1 fully saturated rings. The third-order valence-corrected chi connectivity index (χ3v) is 4.64. The van der Waals surface area contributed by atoms with Crippen molar-refractivity contribution in [3.8, 4) is 0 Å². The standard InChI is InChI=1S/C18H20N6O/c1-23-12-19-10-16(23)18(25)21-13-6-8-24(9-7-13)17-11-20-14-4-2-3-5-15(14)22-17/h2-5,10-13H,6-9H2,1H3,(H,21,25). The van der Waals surface area contributed by atoms with Gasteiger partial charge in [0.25, 0.3) is 5.91 Å². The largest absolute Gasteiger partial charge is 0.355 e. The first-order valence-electron chi connectivity index (χ1n) is 8.44. The molecule has 3 heterocycles. The van der Waals surface area contributed by atoms with E-state index in [1.807, 2.05) is 37.5 Å². The minimum atomic E-state index is -0.0658. The Hall–Kier alpha value is -2.96. The number of anilines is 1. The van der Waals surface area contributed by atoms with E-state index in [1.54, 1.807) is 17.1 Å². The van der Waals surface area contributed by atoms with Crippen LogP contribution in [0, 0.1) is 0 Å². The van der Waals surface area contributed by atoms with Crippen LogP contribution in [0.5, 0.6) is 0 Å². The van der Waals surface area contributed by atoms with Gasteiger partial charge in [-0.2, -0.15) is 0 Å². The van der Waals surface area contributed by atoms with Gasteiger partial charge >= 0.3 is 0 Å². The average molecular weight is 336 g/mol. The number of benzene rings is 1. The summed E-state index contributed by atoms with van der Waals surface area (Å²) in [7, 11) is 1.82. The molecule has 1 aliphatic rings. The number of amides is 1. The summed E-state index contributed by atoms with van der Waals surface area (Å²) in [5, 5.41) is 3.10. The summed E-state index contributed by atoms with van der Waals surface area (Å²) in [5.41, 5.74) is 2.40. The van der Waals surface area contributed by atoms with Crippen LogP contribution in [-0.4, -0.2) is 44.6 Å². The minimum absolute atomic E-state index is 0.0658. The van der Waals surface area contributed by atoms with E-state index in [0.29, 0.717) is 5.69 Å². The van der Waals surface area contributed by atoms with Crippen molar-refractivity contribution >= 4 is 22.8 Å². The molecular formula is C18H20N6O. The summed E-state index contributed by atoms with van der Waals surface area (Å²) in [4.78, 5) is 27.7. The van der Waals surface area contributed by atoms with E-state index in [4.69, 9.17) is 4.98 Å². The number of carbonyl (C=O) groups is 1. The van der Waals surface area contributed by atoms with Crippen LogP contribution in [0.3, 0.4) is 0 Å². The van der Waals surface area contributed by atoms with Gasteiger partial charge < -0.3 is 14.8 Å². The molecule has 1 aromatic carbocycles. The number of fused-ring (bicyclic) bond motifs is 1. The smallest absolute Gasteiger partial charge is 0.269 e. The first-order chi connectivity index (χ1) is 12.2. The maximum Gasteiger partial charge on any atom is 0.269 e. The van der Waals surface area contributed by atoms with Crippen molar-refractivity contribution in [1.82, 2.24) is 24.8 Å². The lowest BCUT2D eigenvalue weighted by molar-refractivity contribution is 0.0923. The molecule has 1 amide bonds. The second-order valence-corrected chi connectivity index (χ2v) is 6.34. The zero-order valence-electron chi connectivity index (χ0n) is 14.1. The monoisotopic (exact) mass is 336 g/mol. The lowest BCUT2D eigenvalue weighted by Gasteiger charge is -2.33. The average Bonchev–Trinajstić information content (AvgIpc) is 3.08. The highest BCUT2D eigenvalue weighted by Crippen LogP contribution is 2.20. The molecule has 0 unspecified atom stereocenters. The van der Waals surface area contributed by atoms with E-state index in [9.17, 15) is 4.79 Å². The summed E-state index contributed by atoms with van der Waals surface area (Å²) in [6.07, 6.45) is 6.83. The van der Waals surface area contributed by atoms with Crippen LogP contribution >= 0.6 is 0 Å². The molecule has 1 aliphatic heterocycles. The van der Waals surface area contributed by atoms with E-state index >= 15 is 0 Å². The highest BCUT2D eigenvalue weighted by atomic mass is 16.2. The lowest BCUT2D eigenvalue weighted by atomic mass is 10.0. The number of piperidine rings is 1. The lowest BCUT2D eigenvalue weighted by Crippen LogP contribution is -2.45. The zero-order valence-corrected chi connectivity index (χ0v) is 14.1. The SMILES string of the molecule is Cn1cncc1C(=O)NC1CCN(c2cnc3ccccc3n2)CC1. The Balaban J connectivity index is 1.39. The molecule has 0 bridgehead atoms. The number of aryl methyl sites for hydroxylation is 1. The number of carbonyl (C=O) groups excluding carboxylic acids is 1. The van der Waals surface area contributed by atoms with Gasteiger partial charge in [0.2, 0.25) is 0 Å². The molecule has 7 nitrogen and oxygen atoms in total. The van der Waals surface area contributed by atoms with Gasteiger partial charge in [-0.05, 0) is 25.0 Å². The van der Waals surface area contributed by atoms with Gasteiger partial charge in [-0.25, -0.2) is 9.97 Å². The van der Waals surface area contributed by atoms with Crippen molar-refractivity contribution < 1.29 is 4.79 Å². The molecule has 4 rings (SSSR count). The Morgan fingerprint density at radius 2 is 1.92 bits per heavy atom. The molecule has 0 atom stereocenters. The Labute approximate surface area is 145 Å². The van der Waals surface area contributed by atoms with Crippen molar-refractivity contribution in [2.45, 2.75) is 18.9 Å². The summed E-state index contributed by atoms with van der Waals surface area (Å²) in [5.74, 6) is 0.832. The Bertz CT molecular complexity index is 897. The number of aromatic nitrogens is 4. The molecule has 7 heteroatoms. The van der Waals surface area contributed by atoms with Crippen LogP contribution < -0.4 is 10.2 Å². The fraction of sp³-hybridized carbons (Fsp3) is 0.333. The van der Waals surface area contributed by atoms with Gasteiger partial charge in [0, 0.05) is 26.2 Å². The van der Waals surface area contributed by atoms with Gasteiger partial charge in [-0.15, -0.1) is 0 Å². The van der Waals surface area contributed by atoms with Crippen molar-refractivity contribution in [2.24, 2.45) is 7.05 Å². The maximum absolute atomic E-state index is 12.3. The molecule has 1 saturated heterocycles. The van der Waals surface area contributed by atoms with Crippen LogP contribution in [0.25, 0.3) is 11.0 Å². The van der Waals surface area contributed by atoms with Gasteiger partial charge in [-0.1, -0.05) is 12.1 Å². The number of nitrogens with zero attached hydrogens (tertiary/aromatic N) is 5. The van der Waals surface area contributed by atoms with E-state index in [-0.39, 0.29) is 11.9 Å². The number of rotatable bonds is 3. The minimum Gasteiger partial charge on any atom is -0.355 e. The van der Waals surface area contributed by atoms with Crippen molar-refractivity contribution in [3.05, 3.63) is 48.7 Å².